The van der Waals surface area contributed by atoms with Crippen LogP contribution >= 0.6 is 0 Å². The first-order valence-electron chi connectivity index (χ1n) is 9.50. The van der Waals surface area contributed by atoms with Crippen LogP contribution in [0.4, 0.5) is 10.1 Å². The molecule has 1 aromatic heterocycles. The largest absolute Gasteiger partial charge is 0.368 e. The molecule has 29 heavy (non-hydrogen) atoms. The van der Waals surface area contributed by atoms with E-state index in [0.29, 0.717) is 31.9 Å². The van der Waals surface area contributed by atoms with E-state index in [1.807, 2.05) is 30.3 Å². The number of nitrogens with zero attached hydrogens (tertiary/aromatic N) is 4. The topological polar surface area (TPSA) is 58.4 Å². The Bertz CT molecular complexity index is 1090. The average molecular weight is 392 g/mol. The third-order valence-electron chi connectivity index (χ3n) is 5.08. The SMILES string of the molecule is Cc1cc(=O)c(C(=O)N2CCN(c3ccccc3)CC2)nn1-c1ccccc1F. The van der Waals surface area contributed by atoms with E-state index in [9.17, 15) is 14.0 Å². The molecule has 2 heterocycles. The van der Waals surface area contributed by atoms with Gasteiger partial charge in [0.05, 0.1) is 0 Å². The number of carbonyl (C=O) groups is 1. The lowest BCUT2D eigenvalue weighted by Gasteiger charge is -2.35. The van der Waals surface area contributed by atoms with E-state index in [1.54, 1.807) is 30.0 Å². The van der Waals surface area contributed by atoms with E-state index in [1.165, 1.54) is 16.8 Å². The van der Waals surface area contributed by atoms with E-state index >= 15 is 0 Å². The van der Waals surface area contributed by atoms with Gasteiger partial charge in [0.15, 0.2) is 5.69 Å². The summed E-state index contributed by atoms with van der Waals surface area (Å²) in [4.78, 5) is 29.3. The summed E-state index contributed by atoms with van der Waals surface area (Å²) in [7, 11) is 0. The molecule has 1 fully saturated rings. The van der Waals surface area contributed by atoms with Crippen LogP contribution in [-0.2, 0) is 0 Å². The monoisotopic (exact) mass is 392 g/mol. The summed E-state index contributed by atoms with van der Waals surface area (Å²) < 4.78 is 15.5. The number of carbonyl (C=O) groups excluding carboxylic acids is 1. The maximum absolute atomic E-state index is 14.2. The number of anilines is 1. The summed E-state index contributed by atoms with van der Waals surface area (Å²) in [6, 6.07) is 17.5. The zero-order valence-corrected chi connectivity index (χ0v) is 16.1. The Labute approximate surface area is 167 Å². The van der Waals surface area contributed by atoms with Crippen LogP contribution in [0.5, 0.6) is 0 Å². The zero-order chi connectivity index (χ0) is 20.4. The predicted molar refractivity (Wildman–Crippen MR) is 109 cm³/mol. The number of para-hydroxylation sites is 2. The molecular formula is C22H21FN4O2. The molecule has 0 saturated carbocycles. The Hall–Kier alpha value is -3.48. The maximum atomic E-state index is 14.2. The van der Waals surface area contributed by atoms with Gasteiger partial charge >= 0.3 is 0 Å². The Morgan fingerprint density at radius 3 is 2.31 bits per heavy atom. The first kappa shape index (κ1) is 18.9. The summed E-state index contributed by atoms with van der Waals surface area (Å²) >= 11 is 0. The Balaban J connectivity index is 1.57. The van der Waals surface area contributed by atoms with Crippen molar-refractivity contribution in [3.8, 4) is 5.69 Å². The highest BCUT2D eigenvalue weighted by atomic mass is 19.1. The van der Waals surface area contributed by atoms with Crippen LogP contribution in [0, 0.1) is 12.7 Å². The highest BCUT2D eigenvalue weighted by Crippen LogP contribution is 2.17. The maximum Gasteiger partial charge on any atom is 0.278 e. The molecule has 148 valence electrons. The molecule has 0 atom stereocenters. The standard InChI is InChI=1S/C22H21FN4O2/c1-16-15-20(28)21(24-27(16)19-10-6-5-9-18(19)23)22(29)26-13-11-25(12-14-26)17-7-3-2-4-8-17/h2-10,15H,11-14H2,1H3. The molecule has 0 unspecified atom stereocenters. The second kappa shape index (κ2) is 7.87. The zero-order valence-electron chi connectivity index (χ0n) is 16.1. The van der Waals surface area contributed by atoms with Crippen molar-refractivity contribution in [2.24, 2.45) is 0 Å². The molecule has 1 saturated heterocycles. The van der Waals surface area contributed by atoms with E-state index in [2.05, 4.69) is 10.00 Å². The van der Waals surface area contributed by atoms with Crippen molar-refractivity contribution in [1.82, 2.24) is 14.7 Å². The minimum Gasteiger partial charge on any atom is -0.368 e. The number of rotatable bonds is 3. The molecule has 6 nitrogen and oxygen atoms in total. The number of hydrogen-bond donors (Lipinski definition) is 0. The Morgan fingerprint density at radius 1 is 0.966 bits per heavy atom. The lowest BCUT2D eigenvalue weighted by molar-refractivity contribution is 0.0737. The van der Waals surface area contributed by atoms with Gasteiger partial charge in [-0.3, -0.25) is 9.59 Å². The van der Waals surface area contributed by atoms with E-state index < -0.39 is 17.2 Å². The second-order valence-corrected chi connectivity index (χ2v) is 6.98. The van der Waals surface area contributed by atoms with Crippen molar-refractivity contribution in [1.29, 1.82) is 0 Å². The molecule has 0 radical (unpaired) electrons. The van der Waals surface area contributed by atoms with Gasteiger partial charge in [-0.15, -0.1) is 0 Å². The summed E-state index contributed by atoms with van der Waals surface area (Å²) in [5, 5.41) is 4.21. The van der Waals surface area contributed by atoms with Crippen LogP contribution in [0.15, 0.2) is 65.5 Å². The molecule has 1 aliphatic rings. The summed E-state index contributed by atoms with van der Waals surface area (Å²) in [6.45, 7) is 3.98. The van der Waals surface area contributed by atoms with Gasteiger partial charge in [0.1, 0.15) is 11.5 Å². The van der Waals surface area contributed by atoms with Crippen molar-refractivity contribution in [3.63, 3.8) is 0 Å². The Morgan fingerprint density at radius 2 is 1.62 bits per heavy atom. The van der Waals surface area contributed by atoms with Gasteiger partial charge in [-0.05, 0) is 31.2 Å². The van der Waals surface area contributed by atoms with Crippen molar-refractivity contribution < 1.29 is 9.18 Å². The minimum absolute atomic E-state index is 0.188. The molecule has 2 aromatic carbocycles. The summed E-state index contributed by atoms with van der Waals surface area (Å²) in [6.07, 6.45) is 0. The third-order valence-corrected chi connectivity index (χ3v) is 5.08. The van der Waals surface area contributed by atoms with Gasteiger partial charge in [-0.2, -0.15) is 5.10 Å². The number of piperazine rings is 1. The molecular weight excluding hydrogens is 371 g/mol. The molecule has 3 aromatic rings. The summed E-state index contributed by atoms with van der Waals surface area (Å²) in [5.41, 5.74) is 1.13. The van der Waals surface area contributed by atoms with E-state index in [4.69, 9.17) is 0 Å². The van der Waals surface area contributed by atoms with Gasteiger partial charge in [-0.25, -0.2) is 9.07 Å². The fraction of sp³-hybridized carbons (Fsp3) is 0.227. The molecule has 1 amide bonds. The average Bonchev–Trinajstić information content (AvgIpc) is 2.75. The molecule has 1 aliphatic heterocycles. The number of aryl methyl sites for hydroxylation is 1. The number of hydrogen-bond acceptors (Lipinski definition) is 4. The molecule has 0 N–H and O–H groups in total. The van der Waals surface area contributed by atoms with Gasteiger partial charge < -0.3 is 9.80 Å². The summed E-state index contributed by atoms with van der Waals surface area (Å²) in [5.74, 6) is -0.894. The van der Waals surface area contributed by atoms with Crippen molar-refractivity contribution in [2.75, 3.05) is 31.1 Å². The molecule has 7 heteroatoms. The van der Waals surface area contributed by atoms with Gasteiger partial charge in [0.2, 0.25) is 5.43 Å². The molecule has 0 bridgehead atoms. The van der Waals surface area contributed by atoms with E-state index in [-0.39, 0.29) is 11.4 Å². The molecule has 4 rings (SSSR count). The van der Waals surface area contributed by atoms with Crippen LogP contribution in [0.3, 0.4) is 0 Å². The van der Waals surface area contributed by atoms with Crippen LogP contribution in [-0.4, -0.2) is 46.8 Å². The van der Waals surface area contributed by atoms with E-state index in [0.717, 1.165) is 5.69 Å². The minimum atomic E-state index is -0.471. The van der Waals surface area contributed by atoms with Gasteiger partial charge in [-0.1, -0.05) is 30.3 Å². The highest BCUT2D eigenvalue weighted by molar-refractivity contribution is 5.92. The van der Waals surface area contributed by atoms with Crippen LogP contribution in [0.25, 0.3) is 5.69 Å². The van der Waals surface area contributed by atoms with Crippen LogP contribution in [0.2, 0.25) is 0 Å². The number of benzene rings is 2. The molecule has 0 spiro atoms. The first-order valence-corrected chi connectivity index (χ1v) is 9.50. The molecule has 0 aliphatic carbocycles. The second-order valence-electron chi connectivity index (χ2n) is 6.98. The fourth-order valence-electron chi connectivity index (χ4n) is 3.52. The smallest absolute Gasteiger partial charge is 0.278 e. The Kier molecular flexibility index (Phi) is 5.12. The van der Waals surface area contributed by atoms with Crippen LogP contribution < -0.4 is 10.3 Å². The van der Waals surface area contributed by atoms with Crippen molar-refractivity contribution in [2.45, 2.75) is 6.92 Å². The van der Waals surface area contributed by atoms with Gasteiger partial charge in [0.25, 0.3) is 5.91 Å². The third kappa shape index (κ3) is 3.76. The number of amides is 1. The van der Waals surface area contributed by atoms with Crippen molar-refractivity contribution >= 4 is 11.6 Å². The predicted octanol–water partition coefficient (Wildman–Crippen LogP) is 2.64. The number of aromatic nitrogens is 2. The normalized spacial score (nSPS) is 14.1. The van der Waals surface area contributed by atoms with Gasteiger partial charge in [0, 0.05) is 43.6 Å². The lowest BCUT2D eigenvalue weighted by atomic mass is 10.2. The first-order chi connectivity index (χ1) is 14.0. The van der Waals surface area contributed by atoms with Crippen molar-refractivity contribution in [3.05, 3.63) is 88.1 Å². The quantitative estimate of drug-likeness (QED) is 0.688. The lowest BCUT2D eigenvalue weighted by Crippen LogP contribution is -2.50. The fourth-order valence-corrected chi connectivity index (χ4v) is 3.52. The highest BCUT2D eigenvalue weighted by Gasteiger charge is 2.26. The number of halogens is 1. The van der Waals surface area contributed by atoms with Crippen LogP contribution in [0.1, 0.15) is 16.2 Å².